The number of benzene rings is 3. The zero-order valence-corrected chi connectivity index (χ0v) is 14.8. The van der Waals surface area contributed by atoms with Crippen molar-refractivity contribution in [1.29, 1.82) is 0 Å². The molecule has 0 unspecified atom stereocenters. The normalized spacial score (nSPS) is 10.9. The molecule has 0 fully saturated rings. The first kappa shape index (κ1) is 19.4. The van der Waals surface area contributed by atoms with Crippen LogP contribution in [0.25, 0.3) is 10.8 Å². The molecule has 0 saturated heterocycles. The van der Waals surface area contributed by atoms with E-state index < -0.39 is 32.9 Å². The molecule has 1 N–H and O–H groups in total. The van der Waals surface area contributed by atoms with E-state index in [0.29, 0.717) is 6.07 Å². The predicted octanol–water partition coefficient (Wildman–Crippen LogP) is 2.42. The summed E-state index contributed by atoms with van der Waals surface area (Å²) in [7, 11) is 0. The molecule has 10 nitrogen and oxygen atoms in total. The van der Waals surface area contributed by atoms with Gasteiger partial charge in [-0.1, -0.05) is 42.5 Å². The number of nitrogens with zero attached hydrogens (tertiary/aromatic N) is 3. The summed E-state index contributed by atoms with van der Waals surface area (Å²) >= 11 is 0. The lowest BCUT2D eigenvalue weighted by atomic mass is 10.0. The molecule has 0 bridgehead atoms. The zero-order valence-electron chi connectivity index (χ0n) is 14.8. The fourth-order valence-electron chi connectivity index (χ4n) is 2.79. The van der Waals surface area contributed by atoms with Crippen molar-refractivity contribution >= 4 is 34.3 Å². The van der Waals surface area contributed by atoms with Crippen molar-refractivity contribution in [2.24, 2.45) is 5.10 Å². The van der Waals surface area contributed by atoms with E-state index in [1.807, 2.05) is 36.4 Å². The highest BCUT2D eigenvalue weighted by Gasteiger charge is 2.18. The third-order valence-corrected chi connectivity index (χ3v) is 4.11. The second-order valence-corrected chi connectivity index (χ2v) is 6.01. The van der Waals surface area contributed by atoms with E-state index in [1.54, 1.807) is 6.07 Å². The van der Waals surface area contributed by atoms with E-state index in [0.717, 1.165) is 28.6 Å². The molecule has 29 heavy (non-hydrogen) atoms. The first-order valence-electron chi connectivity index (χ1n) is 8.29. The van der Waals surface area contributed by atoms with Gasteiger partial charge in [0.25, 0.3) is 11.4 Å². The van der Waals surface area contributed by atoms with E-state index in [4.69, 9.17) is 0 Å². The average Bonchev–Trinajstić information content (AvgIpc) is 2.69. The van der Waals surface area contributed by atoms with Crippen LogP contribution in [0.1, 0.15) is 11.1 Å². The summed E-state index contributed by atoms with van der Waals surface area (Å²) in [6, 6.07) is 14.5. The van der Waals surface area contributed by atoms with Gasteiger partial charge in [0.15, 0.2) is 0 Å². The van der Waals surface area contributed by atoms with Gasteiger partial charge in [-0.05, 0) is 22.1 Å². The van der Waals surface area contributed by atoms with E-state index in [2.05, 4.69) is 10.5 Å². The Morgan fingerprint density at radius 2 is 1.76 bits per heavy atom. The third kappa shape index (κ3) is 4.33. The van der Waals surface area contributed by atoms with Crippen LogP contribution in [0.15, 0.2) is 59.7 Å². The molecular formula is C19H13N4O6-. The Kier molecular flexibility index (Phi) is 5.44. The van der Waals surface area contributed by atoms with Gasteiger partial charge in [0, 0.05) is 11.6 Å². The van der Waals surface area contributed by atoms with Crippen molar-refractivity contribution in [3.8, 4) is 5.75 Å². The molecule has 0 aromatic heterocycles. The molecule has 10 heteroatoms. The minimum Gasteiger partial charge on any atom is -0.867 e. The van der Waals surface area contributed by atoms with Crippen LogP contribution in [0.5, 0.6) is 5.75 Å². The summed E-state index contributed by atoms with van der Waals surface area (Å²) in [5.74, 6) is -1.52. The second-order valence-electron chi connectivity index (χ2n) is 6.01. The number of hydrogen-bond donors (Lipinski definition) is 1. The Bertz CT molecular complexity index is 1150. The third-order valence-electron chi connectivity index (χ3n) is 4.11. The van der Waals surface area contributed by atoms with E-state index >= 15 is 0 Å². The summed E-state index contributed by atoms with van der Waals surface area (Å²) in [6.45, 7) is 0. The Hall–Kier alpha value is -4.34. The Morgan fingerprint density at radius 3 is 2.48 bits per heavy atom. The molecule has 0 spiro atoms. The number of non-ortho nitro benzene ring substituents is 1. The maximum absolute atomic E-state index is 12.2. The molecule has 0 aliphatic heterocycles. The van der Waals surface area contributed by atoms with Crippen LogP contribution in [-0.4, -0.2) is 22.0 Å². The van der Waals surface area contributed by atoms with E-state index in [-0.39, 0.29) is 12.0 Å². The second kappa shape index (κ2) is 8.13. The predicted molar refractivity (Wildman–Crippen MR) is 103 cm³/mol. The molecule has 3 aromatic rings. The maximum Gasteiger partial charge on any atom is 0.276 e. The number of nitrogens with one attached hydrogen (secondary N) is 1. The monoisotopic (exact) mass is 393 g/mol. The number of rotatable bonds is 6. The standard InChI is InChI=1S/C19H14N4O6/c24-18(9-13-6-3-5-12-4-1-2-7-16(12)13)21-20-11-14-8-15(22(26)27)10-17(19(14)25)23(28)29/h1-8,10-11,25H,9H2,(H,21,24)/p-1/b20-11-. The summed E-state index contributed by atoms with van der Waals surface area (Å²) in [4.78, 5) is 32.1. The van der Waals surface area contributed by atoms with Gasteiger partial charge in [-0.15, -0.1) is 0 Å². The van der Waals surface area contributed by atoms with Crippen LogP contribution < -0.4 is 10.5 Å². The van der Waals surface area contributed by atoms with Crippen LogP contribution >= 0.6 is 0 Å². The highest BCUT2D eigenvalue weighted by atomic mass is 16.6. The van der Waals surface area contributed by atoms with Crippen molar-refractivity contribution in [2.45, 2.75) is 6.42 Å². The lowest BCUT2D eigenvalue weighted by molar-refractivity contribution is -0.403. The van der Waals surface area contributed by atoms with Crippen molar-refractivity contribution < 1.29 is 19.7 Å². The highest BCUT2D eigenvalue weighted by molar-refractivity contribution is 5.91. The summed E-state index contributed by atoms with van der Waals surface area (Å²) in [5.41, 5.74) is 1.05. The van der Waals surface area contributed by atoms with Gasteiger partial charge in [0.2, 0.25) is 5.91 Å². The largest absolute Gasteiger partial charge is 0.867 e. The van der Waals surface area contributed by atoms with Crippen LogP contribution in [0.2, 0.25) is 0 Å². The first-order chi connectivity index (χ1) is 13.9. The fraction of sp³-hybridized carbons (Fsp3) is 0.0526. The molecule has 0 radical (unpaired) electrons. The fourth-order valence-corrected chi connectivity index (χ4v) is 2.79. The minimum atomic E-state index is -1.03. The average molecular weight is 393 g/mol. The molecule has 0 atom stereocenters. The molecule has 3 aromatic carbocycles. The quantitative estimate of drug-likeness (QED) is 0.386. The van der Waals surface area contributed by atoms with E-state index in [9.17, 15) is 30.1 Å². The maximum atomic E-state index is 12.2. The molecule has 0 aliphatic rings. The number of carbonyl (C=O) groups is 1. The Morgan fingerprint density at radius 1 is 1.03 bits per heavy atom. The number of hydrogen-bond acceptors (Lipinski definition) is 7. The van der Waals surface area contributed by atoms with E-state index in [1.165, 1.54) is 0 Å². The van der Waals surface area contributed by atoms with Gasteiger partial charge in [-0.25, -0.2) is 5.43 Å². The number of nitro groups is 2. The van der Waals surface area contributed by atoms with Crippen LogP contribution in [0.4, 0.5) is 11.4 Å². The number of hydrazone groups is 1. The van der Waals surface area contributed by atoms with Crippen molar-refractivity contribution in [3.05, 3.63) is 86.0 Å². The number of carbonyl (C=O) groups excluding carboxylic acids is 1. The van der Waals surface area contributed by atoms with Crippen molar-refractivity contribution in [1.82, 2.24) is 5.43 Å². The van der Waals surface area contributed by atoms with Crippen LogP contribution in [0.3, 0.4) is 0 Å². The topological polar surface area (TPSA) is 151 Å². The molecule has 0 saturated carbocycles. The Balaban J connectivity index is 1.78. The molecule has 146 valence electrons. The van der Waals surface area contributed by atoms with Gasteiger partial charge in [0.05, 0.1) is 28.5 Å². The highest BCUT2D eigenvalue weighted by Crippen LogP contribution is 2.31. The number of amides is 1. The SMILES string of the molecule is O=C(Cc1cccc2ccccc12)N/N=C\c1cc([N+](=O)[O-])cc([N+](=O)[O-])c1[O-]. The minimum absolute atomic E-state index is 0.0119. The zero-order chi connectivity index (χ0) is 21.0. The van der Waals surface area contributed by atoms with Gasteiger partial charge < -0.3 is 5.11 Å². The molecule has 0 aliphatic carbocycles. The van der Waals surface area contributed by atoms with Crippen LogP contribution in [0, 0.1) is 20.2 Å². The van der Waals surface area contributed by atoms with Crippen molar-refractivity contribution in [3.63, 3.8) is 0 Å². The lowest BCUT2D eigenvalue weighted by Gasteiger charge is -2.10. The molecule has 0 heterocycles. The van der Waals surface area contributed by atoms with Crippen LogP contribution in [-0.2, 0) is 11.2 Å². The molecular weight excluding hydrogens is 380 g/mol. The van der Waals surface area contributed by atoms with Gasteiger partial charge in [-0.2, -0.15) is 5.10 Å². The Labute approximate surface area is 163 Å². The van der Waals surface area contributed by atoms with Crippen molar-refractivity contribution in [2.75, 3.05) is 0 Å². The summed E-state index contributed by atoms with van der Waals surface area (Å²) in [6.07, 6.45) is 0.862. The summed E-state index contributed by atoms with van der Waals surface area (Å²) < 4.78 is 0. The van der Waals surface area contributed by atoms with Gasteiger partial charge in [-0.3, -0.25) is 25.0 Å². The smallest absolute Gasteiger partial charge is 0.276 e. The first-order valence-corrected chi connectivity index (χ1v) is 8.29. The molecule has 1 amide bonds. The summed E-state index contributed by atoms with van der Waals surface area (Å²) in [5, 5.41) is 39.3. The molecule has 3 rings (SSSR count). The number of fused-ring (bicyclic) bond motifs is 1. The lowest BCUT2D eigenvalue weighted by Crippen LogP contribution is -2.20. The van der Waals surface area contributed by atoms with Gasteiger partial charge >= 0.3 is 0 Å². The number of nitro benzene ring substituents is 2. The van der Waals surface area contributed by atoms with Gasteiger partial charge in [0.1, 0.15) is 0 Å².